The zero-order chi connectivity index (χ0) is 17.6. The van der Waals surface area contributed by atoms with Crippen molar-refractivity contribution in [3.8, 4) is 11.1 Å². The predicted molar refractivity (Wildman–Crippen MR) is 102 cm³/mol. The summed E-state index contributed by atoms with van der Waals surface area (Å²) in [6.45, 7) is 2.23. The van der Waals surface area contributed by atoms with Crippen LogP contribution in [0.2, 0.25) is 0 Å². The first-order valence-electron chi connectivity index (χ1n) is 9.15. The number of benzene rings is 3. The third-order valence-corrected chi connectivity index (χ3v) is 4.74. The quantitative estimate of drug-likeness (QED) is 0.396. The number of aryl methyl sites for hydroxylation is 1. The highest BCUT2D eigenvalue weighted by molar-refractivity contribution is 5.87. The second-order valence-electron chi connectivity index (χ2n) is 6.69. The average Bonchev–Trinajstić information content (AvgIpc) is 2.63. The van der Waals surface area contributed by atoms with Gasteiger partial charge in [0.2, 0.25) is 0 Å². The molecule has 130 valence electrons. The van der Waals surface area contributed by atoms with E-state index in [9.17, 15) is 8.78 Å². The molecule has 0 radical (unpaired) electrons. The third-order valence-electron chi connectivity index (χ3n) is 4.74. The van der Waals surface area contributed by atoms with Gasteiger partial charge in [-0.2, -0.15) is 0 Å². The number of hydrogen-bond acceptors (Lipinski definition) is 0. The first kappa shape index (κ1) is 17.6. The van der Waals surface area contributed by atoms with Gasteiger partial charge in [0.15, 0.2) is 11.6 Å². The molecule has 0 saturated carbocycles. The largest absolute Gasteiger partial charge is 0.204 e. The molecule has 0 aromatic heterocycles. The minimum absolute atomic E-state index is 0.714. The lowest BCUT2D eigenvalue weighted by Crippen LogP contribution is -1.88. The molecule has 0 heterocycles. The number of rotatable bonds is 7. The van der Waals surface area contributed by atoms with E-state index in [2.05, 4.69) is 31.2 Å². The number of halogens is 2. The van der Waals surface area contributed by atoms with Gasteiger partial charge in [-0.05, 0) is 58.5 Å². The summed E-state index contributed by atoms with van der Waals surface area (Å²) in [5.41, 5.74) is 3.48. The molecular formula is C23H24F2. The summed E-state index contributed by atoms with van der Waals surface area (Å²) in [5.74, 6) is -1.60. The van der Waals surface area contributed by atoms with E-state index >= 15 is 0 Å². The standard InChI is InChI=1S/C23H24F2/c1-2-3-4-5-6-7-17-8-10-18(11-9-17)19-12-13-20-15-22(24)23(25)16-21(20)14-19/h8-16H,2-7H2,1H3. The van der Waals surface area contributed by atoms with E-state index in [1.54, 1.807) is 0 Å². The van der Waals surface area contributed by atoms with E-state index in [0.717, 1.165) is 22.9 Å². The maximum atomic E-state index is 13.5. The van der Waals surface area contributed by atoms with E-state index in [-0.39, 0.29) is 0 Å². The molecule has 2 heteroatoms. The Bertz CT molecular complexity index is 835. The number of fused-ring (bicyclic) bond motifs is 1. The Labute approximate surface area is 148 Å². The molecule has 0 atom stereocenters. The lowest BCUT2D eigenvalue weighted by molar-refractivity contribution is 0.511. The molecular weight excluding hydrogens is 314 g/mol. The highest BCUT2D eigenvalue weighted by atomic mass is 19.2. The normalized spacial score (nSPS) is 11.2. The van der Waals surface area contributed by atoms with E-state index in [1.807, 2.05) is 18.2 Å². The van der Waals surface area contributed by atoms with Gasteiger partial charge in [0.05, 0.1) is 0 Å². The zero-order valence-electron chi connectivity index (χ0n) is 14.7. The Morgan fingerprint density at radius 3 is 2.00 bits per heavy atom. The van der Waals surface area contributed by atoms with Gasteiger partial charge in [-0.3, -0.25) is 0 Å². The van der Waals surface area contributed by atoms with Crippen molar-refractivity contribution >= 4 is 10.8 Å². The Balaban J connectivity index is 1.71. The molecule has 0 unspecified atom stereocenters. The van der Waals surface area contributed by atoms with Gasteiger partial charge in [-0.15, -0.1) is 0 Å². The fourth-order valence-corrected chi connectivity index (χ4v) is 3.22. The van der Waals surface area contributed by atoms with Crippen molar-refractivity contribution < 1.29 is 8.78 Å². The number of hydrogen-bond donors (Lipinski definition) is 0. The van der Waals surface area contributed by atoms with Crippen LogP contribution in [0, 0.1) is 11.6 Å². The molecule has 0 aliphatic rings. The monoisotopic (exact) mass is 338 g/mol. The Morgan fingerprint density at radius 1 is 0.640 bits per heavy atom. The van der Waals surface area contributed by atoms with Crippen LogP contribution in [-0.4, -0.2) is 0 Å². The highest BCUT2D eigenvalue weighted by Gasteiger charge is 2.06. The Morgan fingerprint density at radius 2 is 1.28 bits per heavy atom. The topological polar surface area (TPSA) is 0 Å². The fraction of sp³-hybridized carbons (Fsp3) is 0.304. The molecule has 0 aliphatic carbocycles. The van der Waals surface area contributed by atoms with Crippen molar-refractivity contribution in [3.05, 3.63) is 71.8 Å². The van der Waals surface area contributed by atoms with Crippen LogP contribution in [0.4, 0.5) is 8.78 Å². The van der Waals surface area contributed by atoms with Crippen LogP contribution in [0.25, 0.3) is 21.9 Å². The van der Waals surface area contributed by atoms with Gasteiger partial charge in [0.1, 0.15) is 0 Å². The van der Waals surface area contributed by atoms with Crippen LogP contribution in [0.15, 0.2) is 54.6 Å². The minimum atomic E-state index is -0.803. The second kappa shape index (κ2) is 8.24. The fourth-order valence-electron chi connectivity index (χ4n) is 3.22. The van der Waals surface area contributed by atoms with Gasteiger partial charge < -0.3 is 0 Å². The summed E-state index contributed by atoms with van der Waals surface area (Å²) in [7, 11) is 0. The zero-order valence-corrected chi connectivity index (χ0v) is 14.7. The lowest BCUT2D eigenvalue weighted by Gasteiger charge is -2.07. The molecule has 3 aromatic carbocycles. The van der Waals surface area contributed by atoms with Gasteiger partial charge in [0.25, 0.3) is 0 Å². The molecule has 0 fully saturated rings. The van der Waals surface area contributed by atoms with Gasteiger partial charge >= 0.3 is 0 Å². The molecule has 0 aliphatic heterocycles. The summed E-state index contributed by atoms with van der Waals surface area (Å²) >= 11 is 0. The summed E-state index contributed by atoms with van der Waals surface area (Å²) in [6, 6.07) is 16.8. The highest BCUT2D eigenvalue weighted by Crippen LogP contribution is 2.26. The van der Waals surface area contributed by atoms with Crippen LogP contribution in [0.1, 0.15) is 44.6 Å². The SMILES string of the molecule is CCCCCCCc1ccc(-c2ccc3cc(F)c(F)cc3c2)cc1. The van der Waals surface area contributed by atoms with Crippen LogP contribution in [-0.2, 0) is 6.42 Å². The predicted octanol–water partition coefficient (Wildman–Crippen LogP) is 7.30. The molecule has 0 nitrogen and oxygen atoms in total. The van der Waals surface area contributed by atoms with Crippen molar-refractivity contribution in [2.24, 2.45) is 0 Å². The van der Waals surface area contributed by atoms with E-state index < -0.39 is 11.6 Å². The van der Waals surface area contributed by atoms with Gasteiger partial charge in [0, 0.05) is 0 Å². The molecule has 25 heavy (non-hydrogen) atoms. The maximum Gasteiger partial charge on any atom is 0.159 e. The van der Waals surface area contributed by atoms with Gasteiger partial charge in [-0.25, -0.2) is 8.78 Å². The number of unbranched alkanes of at least 4 members (excludes halogenated alkanes) is 4. The second-order valence-corrected chi connectivity index (χ2v) is 6.69. The average molecular weight is 338 g/mol. The van der Waals surface area contributed by atoms with E-state index in [1.165, 1.54) is 49.8 Å². The maximum absolute atomic E-state index is 13.5. The smallest absolute Gasteiger partial charge is 0.159 e. The van der Waals surface area contributed by atoms with Crippen molar-refractivity contribution in [2.45, 2.75) is 45.4 Å². The van der Waals surface area contributed by atoms with Crippen molar-refractivity contribution in [1.82, 2.24) is 0 Å². The molecule has 0 bridgehead atoms. The van der Waals surface area contributed by atoms with Crippen LogP contribution in [0.5, 0.6) is 0 Å². The molecule has 3 aromatic rings. The minimum Gasteiger partial charge on any atom is -0.204 e. The van der Waals surface area contributed by atoms with Crippen LogP contribution in [0.3, 0.4) is 0 Å². The first-order chi connectivity index (χ1) is 12.2. The third kappa shape index (κ3) is 4.45. The summed E-state index contributed by atoms with van der Waals surface area (Å²) in [6.07, 6.45) is 7.57. The molecule has 0 amide bonds. The van der Waals surface area contributed by atoms with Crippen molar-refractivity contribution in [2.75, 3.05) is 0 Å². The first-order valence-corrected chi connectivity index (χ1v) is 9.15. The Kier molecular flexibility index (Phi) is 5.80. The molecule has 0 saturated heterocycles. The van der Waals surface area contributed by atoms with Crippen molar-refractivity contribution in [3.63, 3.8) is 0 Å². The van der Waals surface area contributed by atoms with Crippen LogP contribution < -0.4 is 0 Å². The van der Waals surface area contributed by atoms with Crippen LogP contribution >= 0.6 is 0 Å². The lowest BCUT2D eigenvalue weighted by atomic mass is 9.98. The van der Waals surface area contributed by atoms with Crippen molar-refractivity contribution in [1.29, 1.82) is 0 Å². The molecule has 3 rings (SSSR count). The van der Waals surface area contributed by atoms with E-state index in [0.29, 0.717) is 5.39 Å². The Hall–Kier alpha value is -2.22. The molecule has 0 N–H and O–H groups in total. The molecule has 0 spiro atoms. The van der Waals surface area contributed by atoms with Gasteiger partial charge in [-0.1, -0.05) is 69.0 Å². The van der Waals surface area contributed by atoms with E-state index in [4.69, 9.17) is 0 Å². The summed E-state index contributed by atoms with van der Waals surface area (Å²) in [5, 5.41) is 1.43. The summed E-state index contributed by atoms with van der Waals surface area (Å²) < 4.78 is 26.8. The summed E-state index contributed by atoms with van der Waals surface area (Å²) in [4.78, 5) is 0.